The van der Waals surface area contributed by atoms with Gasteiger partial charge in [0.25, 0.3) is 10.1 Å². The summed E-state index contributed by atoms with van der Waals surface area (Å²) in [4.78, 5) is 0. The fourth-order valence-electron chi connectivity index (χ4n) is 5.31. The van der Waals surface area contributed by atoms with E-state index in [2.05, 4.69) is 60.9 Å². The summed E-state index contributed by atoms with van der Waals surface area (Å²) in [5.74, 6) is 10.0. The van der Waals surface area contributed by atoms with Crippen LogP contribution in [0, 0.1) is 0 Å². The Morgan fingerprint density at radius 1 is 0.614 bits per heavy atom. The molecule has 1 aliphatic rings. The smallest absolute Gasteiger partial charge is 0.264 e. The first-order chi connectivity index (χ1) is 21.4. The summed E-state index contributed by atoms with van der Waals surface area (Å²) in [5, 5.41) is 0. The van der Waals surface area contributed by atoms with Crippen LogP contribution in [0.4, 0.5) is 0 Å². The molecule has 264 valence electrons. The topological polar surface area (TPSA) is 61.8 Å². The second-order valence-corrected chi connectivity index (χ2v) is 18.7. The lowest BCUT2D eigenvalue weighted by Crippen LogP contribution is -2.31. The first-order valence-corrected chi connectivity index (χ1v) is 24.3. The molecule has 10 heteroatoms. The van der Waals surface area contributed by atoms with Gasteiger partial charge in [-0.25, -0.2) is 0 Å². The van der Waals surface area contributed by atoms with Gasteiger partial charge in [-0.15, -0.1) is 0 Å². The van der Waals surface area contributed by atoms with Crippen LogP contribution in [-0.2, 0) is 23.8 Å². The van der Waals surface area contributed by atoms with E-state index in [9.17, 15) is 8.42 Å². The summed E-state index contributed by atoms with van der Waals surface area (Å²) in [6.45, 7) is 5.22. The number of hydrogen-bond donors (Lipinski definition) is 0. The second-order valence-electron chi connectivity index (χ2n) is 12.2. The third-order valence-corrected chi connectivity index (χ3v) is 13.1. The molecule has 1 atom stereocenters. The van der Waals surface area contributed by atoms with Crippen LogP contribution in [0.2, 0.25) is 0 Å². The molecule has 0 bridgehead atoms. The van der Waals surface area contributed by atoms with Crippen LogP contribution >= 0.6 is 47.0 Å². The third kappa shape index (κ3) is 27.2. The zero-order valence-corrected chi connectivity index (χ0v) is 32.7. The summed E-state index contributed by atoms with van der Waals surface area (Å²) in [6, 6.07) is 0. The average molecular weight is 717 g/mol. The SMILES string of the molecule is CCCSCCCSCCCCCCCCC1(CCCCCCCCSCCCSCCC)OCC(CCOS(C)(=O)=O)O1. The first kappa shape index (κ1) is 43.3. The van der Waals surface area contributed by atoms with Crippen molar-refractivity contribution >= 4 is 57.2 Å². The van der Waals surface area contributed by atoms with Gasteiger partial charge in [0.1, 0.15) is 0 Å². The number of thioether (sulfide) groups is 4. The van der Waals surface area contributed by atoms with Crippen molar-refractivity contribution in [2.45, 2.75) is 148 Å². The minimum atomic E-state index is -3.42. The van der Waals surface area contributed by atoms with Gasteiger partial charge in [-0.05, 0) is 97.4 Å². The third-order valence-electron chi connectivity index (χ3n) is 7.70. The Hall–Kier alpha value is 1.23. The lowest BCUT2D eigenvalue weighted by atomic mass is 9.99. The zero-order valence-electron chi connectivity index (χ0n) is 28.7. The molecule has 0 aromatic carbocycles. The van der Waals surface area contributed by atoms with Crippen LogP contribution in [0.1, 0.15) is 136 Å². The molecule has 1 rings (SSSR count). The predicted molar refractivity (Wildman–Crippen MR) is 203 cm³/mol. The zero-order chi connectivity index (χ0) is 32.0. The molecule has 44 heavy (non-hydrogen) atoms. The monoisotopic (exact) mass is 716 g/mol. The van der Waals surface area contributed by atoms with Crippen molar-refractivity contribution in [3.8, 4) is 0 Å². The summed E-state index contributed by atoms with van der Waals surface area (Å²) >= 11 is 8.46. The van der Waals surface area contributed by atoms with Crippen molar-refractivity contribution in [2.75, 3.05) is 65.5 Å². The minimum absolute atomic E-state index is 0.0813. The molecule has 1 heterocycles. The van der Waals surface area contributed by atoms with Crippen molar-refractivity contribution < 1.29 is 22.1 Å². The van der Waals surface area contributed by atoms with E-state index in [0.29, 0.717) is 13.0 Å². The van der Waals surface area contributed by atoms with E-state index < -0.39 is 15.9 Å². The predicted octanol–water partition coefficient (Wildman–Crippen LogP) is 10.5. The number of hydrogen-bond acceptors (Lipinski definition) is 9. The van der Waals surface area contributed by atoms with Crippen LogP contribution in [0.3, 0.4) is 0 Å². The van der Waals surface area contributed by atoms with E-state index >= 15 is 0 Å². The lowest BCUT2D eigenvalue weighted by molar-refractivity contribution is -0.180. The molecule has 0 aliphatic carbocycles. The molecule has 0 aromatic heterocycles. The van der Waals surface area contributed by atoms with Crippen molar-refractivity contribution in [3.05, 3.63) is 0 Å². The molecule has 0 radical (unpaired) electrons. The summed E-state index contributed by atoms with van der Waals surface area (Å²) in [7, 11) is -3.42. The largest absolute Gasteiger partial charge is 0.347 e. The van der Waals surface area contributed by atoms with Gasteiger partial charge in [0.2, 0.25) is 0 Å². The number of rotatable bonds is 34. The number of ether oxygens (including phenoxy) is 2. The van der Waals surface area contributed by atoms with Crippen LogP contribution in [0.25, 0.3) is 0 Å². The quantitative estimate of drug-likeness (QED) is 0.0478. The van der Waals surface area contributed by atoms with E-state index in [1.54, 1.807) is 0 Å². The molecule has 0 saturated carbocycles. The first-order valence-electron chi connectivity index (χ1n) is 17.9. The summed E-state index contributed by atoms with van der Waals surface area (Å²) < 4.78 is 40.5. The average Bonchev–Trinajstić information content (AvgIpc) is 3.39. The van der Waals surface area contributed by atoms with Crippen molar-refractivity contribution in [1.29, 1.82) is 0 Å². The Labute approximate surface area is 290 Å². The van der Waals surface area contributed by atoms with Crippen LogP contribution in [-0.4, -0.2) is 85.8 Å². The van der Waals surface area contributed by atoms with E-state index in [-0.39, 0.29) is 12.7 Å². The maximum Gasteiger partial charge on any atom is 0.264 e. The molecule has 1 saturated heterocycles. The van der Waals surface area contributed by atoms with E-state index in [1.807, 2.05) is 0 Å². The van der Waals surface area contributed by atoms with Gasteiger partial charge in [-0.2, -0.15) is 55.5 Å². The molecule has 0 aromatic rings. The van der Waals surface area contributed by atoms with Gasteiger partial charge >= 0.3 is 0 Å². The molecule has 1 aliphatic heterocycles. The lowest BCUT2D eigenvalue weighted by Gasteiger charge is -2.28. The van der Waals surface area contributed by atoms with Gasteiger partial charge in [-0.1, -0.05) is 65.2 Å². The Morgan fingerprint density at radius 2 is 1.02 bits per heavy atom. The van der Waals surface area contributed by atoms with E-state index in [1.165, 1.54) is 136 Å². The van der Waals surface area contributed by atoms with Crippen molar-refractivity contribution in [3.63, 3.8) is 0 Å². The highest BCUT2D eigenvalue weighted by molar-refractivity contribution is 8.00. The van der Waals surface area contributed by atoms with E-state index in [4.69, 9.17) is 13.7 Å². The van der Waals surface area contributed by atoms with Gasteiger partial charge < -0.3 is 9.47 Å². The maximum atomic E-state index is 11.4. The molecule has 0 spiro atoms. The molecule has 5 nitrogen and oxygen atoms in total. The van der Waals surface area contributed by atoms with Crippen LogP contribution < -0.4 is 0 Å². The fraction of sp³-hybridized carbons (Fsp3) is 1.00. The highest BCUT2D eigenvalue weighted by atomic mass is 32.2. The van der Waals surface area contributed by atoms with Gasteiger partial charge in [0.05, 0.1) is 25.6 Å². The highest BCUT2D eigenvalue weighted by Crippen LogP contribution is 2.35. The van der Waals surface area contributed by atoms with Crippen molar-refractivity contribution in [2.24, 2.45) is 0 Å². The Morgan fingerprint density at radius 3 is 1.48 bits per heavy atom. The number of unbranched alkanes of at least 4 members (excludes halogenated alkanes) is 10. The van der Waals surface area contributed by atoms with E-state index in [0.717, 1.165) is 31.9 Å². The van der Waals surface area contributed by atoms with Gasteiger partial charge in [0.15, 0.2) is 5.79 Å². The van der Waals surface area contributed by atoms with Crippen LogP contribution in [0.5, 0.6) is 0 Å². The molecule has 1 unspecified atom stereocenters. The summed E-state index contributed by atoms with van der Waals surface area (Å²) in [6.07, 6.45) is 24.1. The minimum Gasteiger partial charge on any atom is -0.347 e. The van der Waals surface area contributed by atoms with Gasteiger partial charge in [0, 0.05) is 19.3 Å². The Balaban J connectivity index is 2.19. The fourth-order valence-corrected chi connectivity index (χ4v) is 9.68. The molecular weight excluding hydrogens is 649 g/mol. The Kier molecular flexibility index (Phi) is 29.8. The second kappa shape index (κ2) is 30.3. The van der Waals surface area contributed by atoms with Gasteiger partial charge in [-0.3, -0.25) is 4.18 Å². The Bertz CT molecular complexity index is 693. The molecule has 1 fully saturated rings. The maximum absolute atomic E-state index is 11.4. The normalized spacial score (nSPS) is 16.7. The molecule has 0 N–H and O–H groups in total. The highest BCUT2D eigenvalue weighted by Gasteiger charge is 2.40. The van der Waals surface area contributed by atoms with Crippen molar-refractivity contribution in [1.82, 2.24) is 0 Å². The summed E-state index contributed by atoms with van der Waals surface area (Å²) in [5.41, 5.74) is 0. The standard InChI is InChI=1S/C34H68O5S5/c1-4-24-40-28-18-30-42-26-16-12-8-6-10-14-21-34(37-32-33(39-34)20-23-38-44(3,35)36)22-15-11-7-9-13-17-27-43-31-19-29-41-25-5-2/h33H,4-32H2,1-3H3. The molecule has 0 amide bonds. The molecular formula is C34H68O5S5. The van der Waals surface area contributed by atoms with Crippen LogP contribution in [0.15, 0.2) is 0 Å².